The van der Waals surface area contributed by atoms with Crippen molar-refractivity contribution in [1.82, 2.24) is 0 Å². The Hall–Kier alpha value is -2.95. The molecule has 2 rings (SSSR count). The first-order valence-corrected chi connectivity index (χ1v) is 7.70. The molecule has 0 atom stereocenters. The molecule has 2 aromatic carbocycles. The number of hydrogen-bond acceptors (Lipinski definition) is 4. The van der Waals surface area contributed by atoms with Gasteiger partial charge in [0.25, 0.3) is 0 Å². The number of benzene rings is 2. The van der Waals surface area contributed by atoms with E-state index in [1.807, 2.05) is 25.1 Å². The zero-order valence-corrected chi connectivity index (χ0v) is 13.6. The van der Waals surface area contributed by atoms with E-state index in [4.69, 9.17) is 14.6 Å². The molecule has 0 spiro atoms. The van der Waals surface area contributed by atoms with E-state index < -0.39 is 5.97 Å². The number of aromatic carboxylic acids is 1. The lowest BCUT2D eigenvalue weighted by atomic mass is 10.1. The predicted octanol–water partition coefficient (Wildman–Crippen LogP) is 3.96. The number of rotatable bonds is 9. The summed E-state index contributed by atoms with van der Waals surface area (Å²) >= 11 is 0. The van der Waals surface area contributed by atoms with E-state index in [0.29, 0.717) is 31.3 Å². The summed E-state index contributed by atoms with van der Waals surface area (Å²) in [6.45, 7) is 7.13. The van der Waals surface area contributed by atoms with Crippen LogP contribution in [-0.4, -0.2) is 24.3 Å². The Balaban J connectivity index is 2.04. The number of nitrogens with one attached hydrogen (secondary N) is 1. The monoisotopic (exact) mass is 327 g/mol. The van der Waals surface area contributed by atoms with E-state index in [1.165, 1.54) is 0 Å². The Morgan fingerprint density at radius 3 is 2.54 bits per heavy atom. The second kappa shape index (κ2) is 8.62. The van der Waals surface area contributed by atoms with Gasteiger partial charge in [-0.3, -0.25) is 0 Å². The minimum Gasteiger partial charge on any atom is -0.490 e. The van der Waals surface area contributed by atoms with Crippen LogP contribution in [0, 0.1) is 0 Å². The lowest BCUT2D eigenvalue weighted by Gasteiger charge is -2.13. The van der Waals surface area contributed by atoms with Gasteiger partial charge in [-0.05, 0) is 48.9 Å². The van der Waals surface area contributed by atoms with Crippen LogP contribution in [0.3, 0.4) is 0 Å². The number of anilines is 1. The van der Waals surface area contributed by atoms with Crippen molar-refractivity contribution in [2.75, 3.05) is 18.5 Å². The molecule has 2 N–H and O–H groups in total. The van der Waals surface area contributed by atoms with Crippen molar-refractivity contribution in [3.8, 4) is 11.5 Å². The molecule has 0 amide bonds. The van der Waals surface area contributed by atoms with Crippen LogP contribution in [-0.2, 0) is 6.54 Å². The summed E-state index contributed by atoms with van der Waals surface area (Å²) in [6.07, 6.45) is 1.69. The molecule has 0 saturated heterocycles. The lowest BCUT2D eigenvalue weighted by Crippen LogP contribution is -2.03. The van der Waals surface area contributed by atoms with Crippen LogP contribution in [0.2, 0.25) is 0 Å². The Labute approximate surface area is 141 Å². The molecule has 0 aliphatic heterocycles. The number of ether oxygens (including phenoxy) is 2. The average Bonchev–Trinajstić information content (AvgIpc) is 2.59. The van der Waals surface area contributed by atoms with Crippen LogP contribution in [0.4, 0.5) is 5.69 Å². The fraction of sp³-hybridized carbons (Fsp3) is 0.211. The Kier molecular flexibility index (Phi) is 6.25. The van der Waals surface area contributed by atoms with Crippen molar-refractivity contribution in [3.05, 3.63) is 66.2 Å². The van der Waals surface area contributed by atoms with Gasteiger partial charge < -0.3 is 19.9 Å². The van der Waals surface area contributed by atoms with Gasteiger partial charge in [0.1, 0.15) is 6.61 Å². The summed E-state index contributed by atoms with van der Waals surface area (Å²) in [5.74, 6) is 0.448. The second-order valence-electron chi connectivity index (χ2n) is 5.05. The smallest absolute Gasteiger partial charge is 0.335 e. The van der Waals surface area contributed by atoms with Crippen molar-refractivity contribution in [1.29, 1.82) is 0 Å². The third kappa shape index (κ3) is 4.78. The van der Waals surface area contributed by atoms with Crippen molar-refractivity contribution < 1.29 is 19.4 Å². The predicted molar refractivity (Wildman–Crippen MR) is 94.0 cm³/mol. The molecule has 2 aromatic rings. The van der Waals surface area contributed by atoms with Gasteiger partial charge in [-0.2, -0.15) is 0 Å². The topological polar surface area (TPSA) is 67.8 Å². The molecule has 0 aliphatic carbocycles. The zero-order chi connectivity index (χ0) is 17.4. The maximum absolute atomic E-state index is 10.8. The zero-order valence-electron chi connectivity index (χ0n) is 13.6. The maximum Gasteiger partial charge on any atom is 0.335 e. The second-order valence-corrected chi connectivity index (χ2v) is 5.05. The number of carboxylic acid groups (broad SMARTS) is 1. The molecule has 5 nitrogen and oxygen atoms in total. The molecule has 126 valence electrons. The van der Waals surface area contributed by atoms with E-state index in [2.05, 4.69) is 11.9 Å². The molecule has 5 heteroatoms. The molecule has 0 bridgehead atoms. The van der Waals surface area contributed by atoms with Gasteiger partial charge in [0.15, 0.2) is 11.5 Å². The average molecular weight is 327 g/mol. The fourth-order valence-corrected chi connectivity index (χ4v) is 2.13. The van der Waals surface area contributed by atoms with Gasteiger partial charge in [0.05, 0.1) is 12.2 Å². The van der Waals surface area contributed by atoms with Gasteiger partial charge in [0, 0.05) is 12.2 Å². The van der Waals surface area contributed by atoms with E-state index in [-0.39, 0.29) is 5.56 Å². The van der Waals surface area contributed by atoms with Gasteiger partial charge in [-0.15, -0.1) is 0 Å². The highest BCUT2D eigenvalue weighted by atomic mass is 16.5. The fourth-order valence-electron chi connectivity index (χ4n) is 2.13. The number of carboxylic acids is 1. The summed E-state index contributed by atoms with van der Waals surface area (Å²) < 4.78 is 11.2. The first-order chi connectivity index (χ1) is 11.6. The minimum absolute atomic E-state index is 0.267. The van der Waals surface area contributed by atoms with Crippen molar-refractivity contribution >= 4 is 11.7 Å². The van der Waals surface area contributed by atoms with Gasteiger partial charge in [-0.1, -0.05) is 18.7 Å². The van der Waals surface area contributed by atoms with Crippen molar-refractivity contribution in [3.63, 3.8) is 0 Å². The summed E-state index contributed by atoms with van der Waals surface area (Å²) in [5.41, 5.74) is 2.15. The van der Waals surface area contributed by atoms with Crippen LogP contribution in [0.25, 0.3) is 0 Å². The highest BCUT2D eigenvalue weighted by Crippen LogP contribution is 2.29. The summed E-state index contributed by atoms with van der Waals surface area (Å²) in [6, 6.07) is 12.4. The molecule has 0 aliphatic rings. The van der Waals surface area contributed by atoms with E-state index in [9.17, 15) is 4.79 Å². The summed E-state index contributed by atoms with van der Waals surface area (Å²) in [7, 11) is 0. The van der Waals surface area contributed by atoms with E-state index >= 15 is 0 Å². The van der Waals surface area contributed by atoms with E-state index in [0.717, 1.165) is 11.3 Å². The standard InChI is InChI=1S/C19H21NO4/c1-3-11-24-17-10-5-14(12-18(17)23-4-2)13-20-16-8-6-15(7-9-16)19(21)22/h3,5-10,12,20H,1,4,11,13H2,2H3,(H,21,22). The molecule has 0 radical (unpaired) electrons. The first-order valence-electron chi connectivity index (χ1n) is 7.70. The molecule has 0 unspecified atom stereocenters. The maximum atomic E-state index is 10.8. The molecule has 0 fully saturated rings. The highest BCUT2D eigenvalue weighted by molar-refractivity contribution is 5.87. The number of carbonyl (C=O) groups is 1. The Morgan fingerprint density at radius 2 is 1.92 bits per heavy atom. The molecule has 0 heterocycles. The summed E-state index contributed by atoms with van der Waals surface area (Å²) in [4.78, 5) is 10.8. The Morgan fingerprint density at radius 1 is 1.17 bits per heavy atom. The summed E-state index contributed by atoms with van der Waals surface area (Å²) in [5, 5.41) is 12.2. The van der Waals surface area contributed by atoms with Gasteiger partial charge in [0.2, 0.25) is 0 Å². The molecular formula is C19H21NO4. The highest BCUT2D eigenvalue weighted by Gasteiger charge is 2.07. The van der Waals surface area contributed by atoms with Crippen LogP contribution in [0.15, 0.2) is 55.1 Å². The molecular weight excluding hydrogens is 306 g/mol. The molecule has 24 heavy (non-hydrogen) atoms. The van der Waals surface area contributed by atoms with Gasteiger partial charge in [-0.25, -0.2) is 4.79 Å². The van der Waals surface area contributed by atoms with Crippen molar-refractivity contribution in [2.24, 2.45) is 0 Å². The largest absolute Gasteiger partial charge is 0.490 e. The van der Waals surface area contributed by atoms with E-state index in [1.54, 1.807) is 30.3 Å². The Bertz CT molecular complexity index is 695. The lowest BCUT2D eigenvalue weighted by molar-refractivity contribution is 0.0697. The SMILES string of the molecule is C=CCOc1ccc(CNc2ccc(C(=O)O)cc2)cc1OCC. The van der Waals surface area contributed by atoms with Crippen LogP contribution >= 0.6 is 0 Å². The van der Waals surface area contributed by atoms with Crippen LogP contribution in [0.5, 0.6) is 11.5 Å². The third-order valence-electron chi connectivity index (χ3n) is 3.29. The van der Waals surface area contributed by atoms with Crippen LogP contribution in [0.1, 0.15) is 22.8 Å². The third-order valence-corrected chi connectivity index (χ3v) is 3.29. The van der Waals surface area contributed by atoms with Gasteiger partial charge >= 0.3 is 5.97 Å². The van der Waals surface area contributed by atoms with Crippen LogP contribution < -0.4 is 14.8 Å². The molecule has 0 saturated carbocycles. The normalized spacial score (nSPS) is 10.0. The minimum atomic E-state index is -0.932. The number of hydrogen-bond donors (Lipinski definition) is 2. The van der Waals surface area contributed by atoms with Crippen molar-refractivity contribution in [2.45, 2.75) is 13.5 Å². The molecule has 0 aromatic heterocycles. The quantitative estimate of drug-likeness (QED) is 0.682. The first kappa shape index (κ1) is 17.4.